The normalized spacial score (nSPS) is 12.8. The molecule has 60 heavy (non-hydrogen) atoms. The Morgan fingerprint density at radius 1 is 0.267 bits per heavy atom. The van der Waals surface area contributed by atoms with Crippen molar-refractivity contribution < 1.29 is 0 Å². The number of anilines is 3. The zero-order valence-electron chi connectivity index (χ0n) is 33.0. The third-order valence-electron chi connectivity index (χ3n) is 12.9. The van der Waals surface area contributed by atoms with Crippen molar-refractivity contribution >= 4 is 27.8 Å². The highest BCUT2D eigenvalue weighted by atomic mass is 15.1. The fourth-order valence-corrected chi connectivity index (χ4v) is 10.3. The Labute approximate surface area is 351 Å². The van der Waals surface area contributed by atoms with Crippen molar-refractivity contribution in [1.29, 1.82) is 0 Å². The highest BCUT2D eigenvalue weighted by Gasteiger charge is 2.46. The van der Waals surface area contributed by atoms with Crippen LogP contribution in [0, 0.1) is 0 Å². The van der Waals surface area contributed by atoms with E-state index in [-0.39, 0.29) is 0 Å². The minimum absolute atomic E-state index is 0.503. The van der Waals surface area contributed by atoms with Gasteiger partial charge in [0.25, 0.3) is 0 Å². The first kappa shape index (κ1) is 34.3. The average Bonchev–Trinajstić information content (AvgIpc) is 3.81. The Bertz CT molecular complexity index is 3170. The largest absolute Gasteiger partial charge is 0.310 e. The van der Waals surface area contributed by atoms with Gasteiger partial charge < -0.3 is 4.90 Å². The molecule has 10 aromatic rings. The summed E-state index contributed by atoms with van der Waals surface area (Å²) in [4.78, 5) is 2.44. The van der Waals surface area contributed by atoms with E-state index in [0.29, 0.717) is 0 Å². The quantitative estimate of drug-likeness (QED) is 0.156. The summed E-state index contributed by atoms with van der Waals surface area (Å²) < 4.78 is 0. The Kier molecular flexibility index (Phi) is 7.83. The van der Waals surface area contributed by atoms with Gasteiger partial charge in [0.15, 0.2) is 0 Å². The lowest BCUT2D eigenvalue weighted by Gasteiger charge is -2.35. The van der Waals surface area contributed by atoms with Gasteiger partial charge in [-0.1, -0.05) is 200 Å². The van der Waals surface area contributed by atoms with E-state index >= 15 is 0 Å². The highest BCUT2D eigenvalue weighted by molar-refractivity contribution is 6.18. The molecule has 12 rings (SSSR count). The first-order chi connectivity index (χ1) is 29.8. The van der Waals surface area contributed by atoms with Crippen LogP contribution < -0.4 is 4.90 Å². The lowest BCUT2D eigenvalue weighted by atomic mass is 9.67. The highest BCUT2D eigenvalue weighted by Crippen LogP contribution is 2.57. The zero-order chi connectivity index (χ0) is 39.6. The van der Waals surface area contributed by atoms with Gasteiger partial charge in [0.2, 0.25) is 0 Å². The zero-order valence-corrected chi connectivity index (χ0v) is 33.0. The Morgan fingerprint density at radius 3 is 1.47 bits per heavy atom. The summed E-state index contributed by atoms with van der Waals surface area (Å²) in [5.41, 5.74) is 20.6. The third-order valence-corrected chi connectivity index (χ3v) is 12.9. The number of fused-ring (bicyclic) bond motifs is 6. The van der Waals surface area contributed by atoms with Gasteiger partial charge in [-0.25, -0.2) is 0 Å². The van der Waals surface area contributed by atoms with E-state index in [1.54, 1.807) is 0 Å². The van der Waals surface area contributed by atoms with Crippen LogP contribution in [0.3, 0.4) is 0 Å². The van der Waals surface area contributed by atoms with Crippen LogP contribution in [-0.4, -0.2) is 0 Å². The predicted octanol–water partition coefficient (Wildman–Crippen LogP) is 15.7. The van der Waals surface area contributed by atoms with Gasteiger partial charge in [0.05, 0.1) is 5.41 Å². The van der Waals surface area contributed by atoms with Gasteiger partial charge in [-0.15, -0.1) is 0 Å². The van der Waals surface area contributed by atoms with Crippen molar-refractivity contribution in [3.05, 3.63) is 259 Å². The Hall–Kier alpha value is -7.74. The summed E-state index contributed by atoms with van der Waals surface area (Å²) in [6.45, 7) is 0. The molecule has 0 heterocycles. The predicted molar refractivity (Wildman–Crippen MR) is 251 cm³/mol. The molecule has 0 bridgehead atoms. The SMILES string of the molecule is c1ccc(-c2ccc(N(c3cccc(-c4ccc5c6c(cccc46)-c4ccccc4-5)c3)c3ccc4c(c3)C(c3ccccc3)(c3ccccc3)c3ccccc3-4)cc2)cc1. The maximum Gasteiger partial charge on any atom is 0.0714 e. The molecule has 0 aliphatic heterocycles. The maximum atomic E-state index is 2.46. The van der Waals surface area contributed by atoms with Crippen LogP contribution in [0.15, 0.2) is 237 Å². The fraction of sp³-hybridized carbons (Fsp3) is 0.0169. The number of hydrogen-bond donors (Lipinski definition) is 0. The van der Waals surface area contributed by atoms with E-state index in [2.05, 4.69) is 241 Å². The van der Waals surface area contributed by atoms with E-state index in [9.17, 15) is 0 Å². The molecule has 280 valence electrons. The maximum absolute atomic E-state index is 2.46. The van der Waals surface area contributed by atoms with E-state index in [4.69, 9.17) is 0 Å². The smallest absolute Gasteiger partial charge is 0.0714 e. The molecule has 2 aliphatic rings. The lowest BCUT2D eigenvalue weighted by Crippen LogP contribution is -2.28. The molecule has 10 aromatic carbocycles. The minimum atomic E-state index is -0.503. The molecule has 0 fully saturated rings. The number of benzene rings is 10. The van der Waals surface area contributed by atoms with Gasteiger partial charge in [0, 0.05) is 17.1 Å². The van der Waals surface area contributed by atoms with Crippen LogP contribution in [0.4, 0.5) is 17.1 Å². The van der Waals surface area contributed by atoms with Crippen LogP contribution in [-0.2, 0) is 5.41 Å². The molecule has 0 N–H and O–H groups in total. The van der Waals surface area contributed by atoms with Crippen molar-refractivity contribution in [2.75, 3.05) is 4.90 Å². The van der Waals surface area contributed by atoms with E-state index in [0.717, 1.165) is 17.1 Å². The van der Waals surface area contributed by atoms with E-state index < -0.39 is 5.41 Å². The summed E-state index contributed by atoms with van der Waals surface area (Å²) in [5, 5.41) is 2.62. The molecule has 2 aliphatic carbocycles. The molecule has 0 radical (unpaired) electrons. The lowest BCUT2D eigenvalue weighted by molar-refractivity contribution is 0.768. The molecule has 0 spiro atoms. The minimum Gasteiger partial charge on any atom is -0.310 e. The molecule has 1 nitrogen and oxygen atoms in total. The van der Waals surface area contributed by atoms with Crippen molar-refractivity contribution in [2.24, 2.45) is 0 Å². The van der Waals surface area contributed by atoms with Crippen LogP contribution >= 0.6 is 0 Å². The van der Waals surface area contributed by atoms with Crippen LogP contribution in [0.1, 0.15) is 22.3 Å². The van der Waals surface area contributed by atoms with Crippen molar-refractivity contribution in [2.45, 2.75) is 5.41 Å². The molecule has 0 saturated carbocycles. The average molecular weight is 762 g/mol. The van der Waals surface area contributed by atoms with Crippen LogP contribution in [0.2, 0.25) is 0 Å². The second-order valence-electron chi connectivity index (χ2n) is 16.0. The molecule has 0 unspecified atom stereocenters. The number of rotatable bonds is 7. The van der Waals surface area contributed by atoms with Crippen LogP contribution in [0.5, 0.6) is 0 Å². The van der Waals surface area contributed by atoms with E-state index in [1.807, 2.05) is 0 Å². The summed E-state index contributed by atoms with van der Waals surface area (Å²) in [6.07, 6.45) is 0. The molecule has 0 aromatic heterocycles. The first-order valence-corrected chi connectivity index (χ1v) is 20.8. The van der Waals surface area contributed by atoms with Crippen molar-refractivity contribution in [1.82, 2.24) is 0 Å². The second-order valence-corrected chi connectivity index (χ2v) is 16.0. The standard InChI is InChI=1S/C59H39N/c1-4-16-40(17-5-1)41-30-32-45(33-31-41)60(46-23-14-18-42(38-46)48-36-37-55-50-25-11-10-24-49(50)54-28-15-27-53(48)58(54)55)47-34-35-52-51-26-12-13-29-56(51)59(57(52)39-47,43-19-6-2-7-20-43)44-21-8-3-9-22-44/h1-39H. The fourth-order valence-electron chi connectivity index (χ4n) is 10.3. The molecule has 0 atom stereocenters. The molecule has 0 amide bonds. The van der Waals surface area contributed by atoms with Crippen LogP contribution in [0.25, 0.3) is 66.4 Å². The van der Waals surface area contributed by atoms with Crippen molar-refractivity contribution in [3.8, 4) is 55.6 Å². The van der Waals surface area contributed by atoms with Gasteiger partial charge in [-0.3, -0.25) is 0 Å². The molecular weight excluding hydrogens is 723 g/mol. The topological polar surface area (TPSA) is 3.24 Å². The second kappa shape index (κ2) is 13.7. The first-order valence-electron chi connectivity index (χ1n) is 20.8. The summed E-state index contributed by atoms with van der Waals surface area (Å²) in [5.74, 6) is 0. The number of nitrogens with zero attached hydrogens (tertiary/aromatic N) is 1. The third kappa shape index (κ3) is 5.13. The Balaban J connectivity index is 1.07. The van der Waals surface area contributed by atoms with Gasteiger partial charge in [0.1, 0.15) is 0 Å². The summed E-state index contributed by atoms with van der Waals surface area (Å²) >= 11 is 0. The monoisotopic (exact) mass is 761 g/mol. The van der Waals surface area contributed by atoms with Gasteiger partial charge in [-0.05, 0) is 125 Å². The van der Waals surface area contributed by atoms with Gasteiger partial charge in [-0.2, -0.15) is 0 Å². The summed E-state index contributed by atoms with van der Waals surface area (Å²) in [7, 11) is 0. The molecular formula is C59H39N. The van der Waals surface area contributed by atoms with Crippen molar-refractivity contribution in [3.63, 3.8) is 0 Å². The molecule has 1 heteroatoms. The number of hydrogen-bond acceptors (Lipinski definition) is 1. The molecule has 0 saturated heterocycles. The summed E-state index contributed by atoms with van der Waals surface area (Å²) in [6, 6.07) is 87.3. The Morgan fingerprint density at radius 2 is 0.750 bits per heavy atom. The van der Waals surface area contributed by atoms with E-state index in [1.165, 1.54) is 88.7 Å². The van der Waals surface area contributed by atoms with Gasteiger partial charge >= 0.3 is 0 Å².